The first kappa shape index (κ1) is 96.7. The molecule has 0 aromatic rings. The van der Waals surface area contributed by atoms with E-state index in [2.05, 4.69) is 79.0 Å². The fourth-order valence-corrected chi connectivity index (χ4v) is 12.7. The zero-order chi connectivity index (χ0) is 74.6. The van der Waals surface area contributed by atoms with E-state index >= 15 is 0 Å². The van der Waals surface area contributed by atoms with Crippen molar-refractivity contribution in [1.29, 1.82) is 0 Å². The molecule has 0 aromatic heterocycles. The number of hydrogen-bond donors (Lipinski definition) is 0. The first-order valence-corrected chi connectivity index (χ1v) is 41.8. The summed E-state index contributed by atoms with van der Waals surface area (Å²) in [6.07, 6.45) is 37.2. The summed E-state index contributed by atoms with van der Waals surface area (Å²) in [5, 5.41) is 0. The summed E-state index contributed by atoms with van der Waals surface area (Å²) in [5.74, 6) is -3.70. The summed E-state index contributed by atoms with van der Waals surface area (Å²) >= 11 is 0. The molecule has 0 bridgehead atoms. The van der Waals surface area contributed by atoms with Gasteiger partial charge in [-0.2, -0.15) is 0 Å². The third kappa shape index (κ3) is 56.7. The Balaban J connectivity index is 6.67. The van der Waals surface area contributed by atoms with Crippen LogP contribution in [0, 0.1) is 35.5 Å². The van der Waals surface area contributed by atoms with Crippen molar-refractivity contribution < 1.29 is 76.3 Å². The fraction of sp³-hybridized carbons (Fsp3) is 0.904. The van der Waals surface area contributed by atoms with Gasteiger partial charge in [0.05, 0.1) is 76.5 Å². The second-order valence-corrected chi connectivity index (χ2v) is 28.9. The van der Waals surface area contributed by atoms with Gasteiger partial charge in [-0.15, -0.1) is 0 Å². The van der Waals surface area contributed by atoms with Crippen LogP contribution in [0.1, 0.15) is 358 Å². The van der Waals surface area contributed by atoms with Crippen molar-refractivity contribution in [3.63, 3.8) is 0 Å². The molecule has 0 saturated heterocycles. The van der Waals surface area contributed by atoms with Crippen LogP contribution in [-0.2, 0) is 76.3 Å². The predicted octanol–water partition coefficient (Wildman–Crippen LogP) is 19.4. The molecule has 0 N–H and O–H groups in total. The van der Waals surface area contributed by atoms with Gasteiger partial charge in [0, 0.05) is 50.6 Å². The van der Waals surface area contributed by atoms with E-state index in [9.17, 15) is 38.4 Å². The first-order chi connectivity index (χ1) is 49.1. The maximum absolute atomic E-state index is 13.6. The van der Waals surface area contributed by atoms with Gasteiger partial charge in [0.2, 0.25) is 0 Å². The quantitative estimate of drug-likeness (QED) is 0.0314. The van der Waals surface area contributed by atoms with Crippen LogP contribution in [0.4, 0.5) is 0 Å². The molecule has 0 aliphatic carbocycles. The number of unbranched alkanes of at least 4 members (excludes halogenated alkanes) is 20. The van der Waals surface area contributed by atoms with E-state index in [1.807, 2.05) is 0 Å². The van der Waals surface area contributed by atoms with Crippen molar-refractivity contribution in [3.05, 3.63) is 0 Å². The third-order valence-corrected chi connectivity index (χ3v) is 19.5. The molecular weight excluding hydrogens is 1280 g/mol. The van der Waals surface area contributed by atoms with Crippen molar-refractivity contribution in [3.8, 4) is 0 Å². The molecule has 0 radical (unpaired) electrons. The number of carbonyl (C=O) groups excluding carboxylic acids is 8. The molecule has 18 nitrogen and oxygen atoms in total. The molecule has 592 valence electrons. The first-order valence-electron chi connectivity index (χ1n) is 41.8. The monoisotopic (exact) mass is 1440 g/mol. The second-order valence-electron chi connectivity index (χ2n) is 28.9. The largest absolute Gasteiger partial charge is 0.465 e. The smallest absolute Gasteiger partial charge is 0.308 e. The molecule has 101 heavy (non-hydrogen) atoms. The van der Waals surface area contributed by atoms with Gasteiger partial charge in [0.15, 0.2) is 0 Å². The average molecular weight is 1440 g/mol. The summed E-state index contributed by atoms with van der Waals surface area (Å²) in [6, 6.07) is 0. The summed E-state index contributed by atoms with van der Waals surface area (Å²) in [5.41, 5.74) is 0. The van der Waals surface area contributed by atoms with E-state index in [0.29, 0.717) is 71.0 Å². The Labute approximate surface area is 616 Å². The Morgan fingerprint density at radius 2 is 0.465 bits per heavy atom. The normalized spacial score (nSPS) is 13.3. The van der Waals surface area contributed by atoms with Gasteiger partial charge < -0.3 is 47.7 Å². The molecule has 0 aliphatic heterocycles. The second kappa shape index (κ2) is 70.0. The van der Waals surface area contributed by atoms with Crippen molar-refractivity contribution in [2.24, 2.45) is 35.5 Å². The molecule has 0 saturated carbocycles. The number of nitrogens with zero attached hydrogens (tertiary/aromatic N) is 2. The van der Waals surface area contributed by atoms with Crippen LogP contribution < -0.4 is 0 Å². The summed E-state index contributed by atoms with van der Waals surface area (Å²) in [4.78, 5) is 111. The number of esters is 8. The molecule has 0 fully saturated rings. The lowest BCUT2D eigenvalue weighted by molar-refractivity contribution is -0.151. The van der Waals surface area contributed by atoms with E-state index in [0.717, 1.165) is 232 Å². The van der Waals surface area contributed by atoms with E-state index in [4.69, 9.17) is 37.9 Å². The Morgan fingerprint density at radius 1 is 0.238 bits per heavy atom. The minimum Gasteiger partial charge on any atom is -0.465 e. The number of carbonyl (C=O) groups is 8. The Hall–Kier alpha value is -4.32. The lowest BCUT2D eigenvalue weighted by Crippen LogP contribution is -2.41. The molecule has 4 unspecified atom stereocenters. The number of hydrogen-bond acceptors (Lipinski definition) is 18. The minimum atomic E-state index is -0.479. The molecule has 0 rings (SSSR count). The van der Waals surface area contributed by atoms with Gasteiger partial charge in [-0.25, -0.2) is 0 Å². The maximum atomic E-state index is 13.6. The highest BCUT2D eigenvalue weighted by Gasteiger charge is 2.27. The fourth-order valence-electron chi connectivity index (χ4n) is 12.7. The standard InChI is InChI=1S/C83H154N2O16/c1-11-21-29-33-50-72(46-25-15-5)80(90)94-60-41-37-54-76(86)98-66-70(67-99-77(87)55-38-42-61-95-81(91)73(47-26-16-6)51-34-30-22-12-2)64-85(59-45-58-84(19-9)20-10)65-71(68-100-78(88)56-39-43-62-96-82(92)74(48-27-17-7)52-35-31-23-13-3)69-101-79(89)57-40-44-63-97-83(93)75(49-28-18-8)53-36-32-24-14-4/h70-75H,11-69H2,1-10H3. The lowest BCUT2D eigenvalue weighted by Gasteiger charge is -2.31. The molecule has 0 aromatic carbocycles. The van der Waals surface area contributed by atoms with Crippen molar-refractivity contribution >= 4 is 47.8 Å². The summed E-state index contributed by atoms with van der Waals surface area (Å²) in [7, 11) is 0. The molecule has 0 amide bonds. The zero-order valence-electron chi connectivity index (χ0n) is 66.6. The highest BCUT2D eigenvalue weighted by atomic mass is 16.6. The summed E-state index contributed by atoms with van der Waals surface area (Å²) in [6.45, 7) is 25.9. The number of ether oxygens (including phenoxy) is 8. The molecule has 0 aliphatic rings. The van der Waals surface area contributed by atoms with Crippen molar-refractivity contribution in [2.75, 3.05) is 92.1 Å². The molecular formula is C83H154N2O16. The van der Waals surface area contributed by atoms with E-state index in [1.165, 1.54) is 0 Å². The van der Waals surface area contributed by atoms with E-state index in [-0.39, 0.29) is 126 Å². The Kier molecular flexibility index (Phi) is 67.0. The minimum absolute atomic E-state index is 0.0473. The zero-order valence-corrected chi connectivity index (χ0v) is 66.6. The van der Waals surface area contributed by atoms with Crippen LogP contribution in [-0.4, -0.2) is 150 Å². The highest BCUT2D eigenvalue weighted by Crippen LogP contribution is 2.24. The van der Waals surface area contributed by atoms with Gasteiger partial charge in [0.25, 0.3) is 0 Å². The van der Waals surface area contributed by atoms with Gasteiger partial charge in [0.1, 0.15) is 0 Å². The van der Waals surface area contributed by atoms with Crippen LogP contribution in [0.15, 0.2) is 0 Å². The van der Waals surface area contributed by atoms with E-state index < -0.39 is 35.7 Å². The molecule has 4 atom stereocenters. The average Bonchev–Trinajstić information content (AvgIpc) is 1.05. The van der Waals surface area contributed by atoms with Gasteiger partial charge in [-0.1, -0.05) is 223 Å². The Morgan fingerprint density at radius 3 is 0.693 bits per heavy atom. The van der Waals surface area contributed by atoms with Crippen molar-refractivity contribution in [2.45, 2.75) is 358 Å². The van der Waals surface area contributed by atoms with Crippen LogP contribution in [0.2, 0.25) is 0 Å². The van der Waals surface area contributed by atoms with Gasteiger partial charge in [-0.3, -0.25) is 38.4 Å². The predicted molar refractivity (Wildman–Crippen MR) is 406 cm³/mol. The van der Waals surface area contributed by atoms with Crippen LogP contribution in [0.5, 0.6) is 0 Å². The molecule has 0 heterocycles. The highest BCUT2D eigenvalue weighted by molar-refractivity contribution is 5.74. The van der Waals surface area contributed by atoms with Crippen LogP contribution >= 0.6 is 0 Å². The lowest BCUT2D eigenvalue weighted by atomic mass is 9.95. The number of rotatable bonds is 74. The van der Waals surface area contributed by atoms with Gasteiger partial charge >= 0.3 is 47.8 Å². The molecule has 0 spiro atoms. The van der Waals surface area contributed by atoms with Gasteiger partial charge in [-0.05, 0) is 135 Å². The third-order valence-electron chi connectivity index (χ3n) is 19.5. The Bertz CT molecular complexity index is 1770. The van der Waals surface area contributed by atoms with E-state index in [1.54, 1.807) is 0 Å². The summed E-state index contributed by atoms with van der Waals surface area (Å²) < 4.78 is 47.0. The topological polar surface area (TPSA) is 217 Å². The molecule has 18 heteroatoms. The van der Waals surface area contributed by atoms with Crippen LogP contribution in [0.3, 0.4) is 0 Å². The maximum Gasteiger partial charge on any atom is 0.308 e. The SMILES string of the molecule is CCCCCCC(CCCC)C(=O)OCCCCC(=O)OCC(COC(=O)CCCCOC(=O)C(CCCC)CCCCCC)CN(CCCN(CC)CC)CC(COC(=O)CCCCOC(=O)C(CCCC)CCCCCC)COC(=O)CCCCOC(=O)C(CCCC)CCCCCC. The van der Waals surface area contributed by atoms with Crippen molar-refractivity contribution in [1.82, 2.24) is 9.80 Å². The van der Waals surface area contributed by atoms with Crippen LogP contribution in [0.25, 0.3) is 0 Å².